The van der Waals surface area contributed by atoms with Crippen LogP contribution in [0.15, 0.2) is 21.3 Å². The number of hydrogen-bond donors (Lipinski definition) is 1. The van der Waals surface area contributed by atoms with Crippen molar-refractivity contribution in [3.63, 3.8) is 0 Å². The number of amides is 1. The second-order valence-corrected chi connectivity index (χ2v) is 11.4. The van der Waals surface area contributed by atoms with Gasteiger partial charge >= 0.3 is 17.7 Å². The highest BCUT2D eigenvalue weighted by Crippen LogP contribution is 2.35. The zero-order valence-corrected chi connectivity index (χ0v) is 23.9. The number of hydrogen-bond acceptors (Lipinski definition) is 6. The van der Waals surface area contributed by atoms with Crippen LogP contribution in [-0.4, -0.2) is 33.9 Å². The lowest BCUT2D eigenvalue weighted by Gasteiger charge is -2.26. The molecular weight excluding hydrogens is 570 g/mol. The second kappa shape index (κ2) is 11.7. The molecule has 9 heteroatoms. The summed E-state index contributed by atoms with van der Waals surface area (Å²) in [6, 6.07) is 2.42. The number of benzene rings is 1. The van der Waals surface area contributed by atoms with Crippen LogP contribution >= 0.6 is 31.9 Å². The number of rotatable bonds is 8. The molecule has 0 aliphatic carbocycles. The van der Waals surface area contributed by atoms with E-state index in [9.17, 15) is 14.4 Å². The van der Waals surface area contributed by atoms with Gasteiger partial charge in [-0.15, -0.1) is 0 Å². The number of ether oxygens (including phenoxy) is 2. The van der Waals surface area contributed by atoms with Crippen molar-refractivity contribution in [2.45, 2.75) is 77.8 Å². The maximum absolute atomic E-state index is 13.3. The van der Waals surface area contributed by atoms with Gasteiger partial charge in [0, 0.05) is 27.2 Å². The highest BCUT2D eigenvalue weighted by atomic mass is 79.9. The SMILES string of the molecule is CC[C@H](C)[C@H](NC(=O)OC(C)(C)C)C(=O)Oc1c(C[C@@H](Br)CBr)cc2c(C)cc(=O)oc2c1C. The van der Waals surface area contributed by atoms with E-state index in [0.717, 1.165) is 16.5 Å². The molecule has 1 heterocycles. The Hall–Kier alpha value is -1.87. The molecule has 2 rings (SSSR count). The first-order valence-corrected chi connectivity index (χ1v) is 13.3. The molecule has 0 radical (unpaired) electrons. The van der Waals surface area contributed by atoms with E-state index >= 15 is 0 Å². The van der Waals surface area contributed by atoms with Gasteiger partial charge in [0.1, 0.15) is 23.0 Å². The topological polar surface area (TPSA) is 94.8 Å². The molecule has 1 amide bonds. The molecule has 7 nitrogen and oxygen atoms in total. The maximum atomic E-state index is 13.3. The Kier molecular flexibility index (Phi) is 9.77. The molecule has 0 aliphatic heterocycles. The summed E-state index contributed by atoms with van der Waals surface area (Å²) < 4.78 is 16.7. The number of alkyl carbamates (subject to hydrolysis) is 1. The van der Waals surface area contributed by atoms with Crippen LogP contribution < -0.4 is 15.7 Å². The first kappa shape index (κ1) is 28.4. The van der Waals surface area contributed by atoms with E-state index < -0.39 is 29.3 Å². The fourth-order valence-electron chi connectivity index (χ4n) is 3.51. The Morgan fingerprint density at radius 2 is 1.85 bits per heavy atom. The molecule has 188 valence electrons. The minimum absolute atomic E-state index is 0.0862. The van der Waals surface area contributed by atoms with Crippen LogP contribution in [0.4, 0.5) is 4.79 Å². The number of esters is 1. The van der Waals surface area contributed by atoms with Crippen LogP contribution in [0.5, 0.6) is 5.75 Å². The Morgan fingerprint density at radius 3 is 2.41 bits per heavy atom. The van der Waals surface area contributed by atoms with Crippen molar-refractivity contribution < 1.29 is 23.5 Å². The second-order valence-electron chi connectivity index (χ2n) is 9.50. The quantitative estimate of drug-likeness (QED) is 0.173. The van der Waals surface area contributed by atoms with Crippen molar-refractivity contribution in [1.29, 1.82) is 0 Å². The monoisotopic (exact) mass is 601 g/mol. The summed E-state index contributed by atoms with van der Waals surface area (Å²) in [6.45, 7) is 12.6. The van der Waals surface area contributed by atoms with Gasteiger partial charge in [0.2, 0.25) is 0 Å². The summed E-state index contributed by atoms with van der Waals surface area (Å²) in [4.78, 5) is 37.9. The molecule has 0 saturated heterocycles. The van der Waals surface area contributed by atoms with Crippen molar-refractivity contribution >= 4 is 54.9 Å². The summed E-state index contributed by atoms with van der Waals surface area (Å²) in [5.74, 6) is -0.476. The normalized spacial score (nSPS) is 14.4. The van der Waals surface area contributed by atoms with Crippen molar-refractivity contribution in [3.05, 3.63) is 39.2 Å². The van der Waals surface area contributed by atoms with Crippen molar-refractivity contribution in [2.24, 2.45) is 5.92 Å². The van der Waals surface area contributed by atoms with Crippen LogP contribution in [0.1, 0.15) is 57.7 Å². The molecule has 1 N–H and O–H groups in total. The molecule has 0 unspecified atom stereocenters. The zero-order chi connectivity index (χ0) is 25.8. The Morgan fingerprint density at radius 1 is 1.21 bits per heavy atom. The largest absolute Gasteiger partial charge is 0.444 e. The Bertz CT molecular complexity index is 1110. The molecule has 0 bridgehead atoms. The minimum Gasteiger partial charge on any atom is -0.444 e. The number of nitrogens with one attached hydrogen (secondary N) is 1. The number of carbonyl (C=O) groups excluding carboxylic acids is 2. The van der Waals surface area contributed by atoms with Crippen LogP contribution in [0, 0.1) is 19.8 Å². The maximum Gasteiger partial charge on any atom is 0.408 e. The van der Waals surface area contributed by atoms with Crippen LogP contribution in [-0.2, 0) is 16.0 Å². The molecule has 0 saturated carbocycles. The summed E-state index contributed by atoms with van der Waals surface area (Å²) in [7, 11) is 0. The fourth-order valence-corrected chi connectivity index (χ4v) is 4.09. The molecule has 34 heavy (non-hydrogen) atoms. The van der Waals surface area contributed by atoms with Gasteiger partial charge in [-0.1, -0.05) is 52.1 Å². The summed E-state index contributed by atoms with van der Waals surface area (Å²) in [5.41, 5.74) is 1.32. The van der Waals surface area contributed by atoms with E-state index in [4.69, 9.17) is 13.9 Å². The van der Waals surface area contributed by atoms with Crippen molar-refractivity contribution in [2.75, 3.05) is 5.33 Å². The highest BCUT2D eigenvalue weighted by Gasteiger charge is 2.31. The summed E-state index contributed by atoms with van der Waals surface area (Å²) in [5, 5.41) is 4.14. The standard InChI is InChI=1S/C25H33Br2NO6/c1-8-13(2)20(28-24(31)34-25(5,6)7)23(30)33-21-15(4)22-18(14(3)9-19(29)32-22)11-16(21)10-17(27)12-26/h9,11,13,17,20H,8,10,12H2,1-7H3,(H,28,31)/t13-,17+,20-/m0/s1. The van der Waals surface area contributed by atoms with E-state index in [1.807, 2.05) is 26.8 Å². The molecule has 1 aromatic heterocycles. The lowest BCUT2D eigenvalue weighted by Crippen LogP contribution is -2.48. The lowest BCUT2D eigenvalue weighted by atomic mass is 9.98. The Labute approximate surface area is 217 Å². The Balaban J connectivity index is 2.52. The fraction of sp³-hybridized carbons (Fsp3) is 0.560. The van der Waals surface area contributed by atoms with E-state index in [1.54, 1.807) is 27.7 Å². The molecule has 1 aromatic carbocycles. The minimum atomic E-state index is -0.914. The zero-order valence-electron chi connectivity index (χ0n) is 20.7. The number of alkyl halides is 2. The van der Waals surface area contributed by atoms with Crippen LogP contribution in [0.25, 0.3) is 11.0 Å². The number of carbonyl (C=O) groups is 2. The molecule has 0 spiro atoms. The number of fused-ring (bicyclic) bond motifs is 1. The summed E-state index contributed by atoms with van der Waals surface area (Å²) in [6.07, 6.45) is 0.517. The van der Waals surface area contributed by atoms with E-state index in [-0.39, 0.29) is 10.7 Å². The van der Waals surface area contributed by atoms with Gasteiger partial charge in [-0.25, -0.2) is 14.4 Å². The average molecular weight is 603 g/mol. The van der Waals surface area contributed by atoms with Gasteiger partial charge in [0.15, 0.2) is 0 Å². The smallest absolute Gasteiger partial charge is 0.408 e. The molecule has 0 aliphatic rings. The van der Waals surface area contributed by atoms with Crippen molar-refractivity contribution in [1.82, 2.24) is 5.32 Å². The first-order valence-electron chi connectivity index (χ1n) is 11.3. The third-order valence-corrected chi connectivity index (χ3v) is 7.75. The number of aryl methyl sites for hydroxylation is 2. The van der Waals surface area contributed by atoms with Crippen LogP contribution in [0.2, 0.25) is 0 Å². The third kappa shape index (κ3) is 7.31. The number of halogens is 2. The van der Waals surface area contributed by atoms with Gasteiger partial charge in [-0.05, 0) is 64.2 Å². The lowest BCUT2D eigenvalue weighted by molar-refractivity contribution is -0.138. The van der Waals surface area contributed by atoms with Gasteiger partial charge in [0.25, 0.3) is 0 Å². The molecular formula is C25H33Br2NO6. The van der Waals surface area contributed by atoms with Gasteiger partial charge < -0.3 is 19.2 Å². The predicted octanol–water partition coefficient (Wildman–Crippen LogP) is 5.96. The average Bonchev–Trinajstić information content (AvgIpc) is 2.73. The van der Waals surface area contributed by atoms with Crippen LogP contribution in [0.3, 0.4) is 0 Å². The molecule has 0 fully saturated rings. The van der Waals surface area contributed by atoms with Crippen molar-refractivity contribution in [3.8, 4) is 5.75 Å². The van der Waals surface area contributed by atoms with Gasteiger partial charge in [0.05, 0.1) is 0 Å². The molecule has 2 aromatic rings. The highest BCUT2D eigenvalue weighted by molar-refractivity contribution is 9.12. The first-order chi connectivity index (χ1) is 15.8. The van der Waals surface area contributed by atoms with E-state index in [0.29, 0.717) is 35.1 Å². The van der Waals surface area contributed by atoms with E-state index in [2.05, 4.69) is 37.2 Å². The van der Waals surface area contributed by atoms with Gasteiger partial charge in [-0.3, -0.25) is 0 Å². The predicted molar refractivity (Wildman–Crippen MR) is 140 cm³/mol. The van der Waals surface area contributed by atoms with E-state index in [1.165, 1.54) is 6.07 Å². The summed E-state index contributed by atoms with van der Waals surface area (Å²) >= 11 is 7.09. The third-order valence-electron chi connectivity index (χ3n) is 5.45. The molecule has 3 atom stereocenters. The van der Waals surface area contributed by atoms with Gasteiger partial charge in [-0.2, -0.15) is 0 Å².